The summed E-state index contributed by atoms with van der Waals surface area (Å²) < 4.78 is 0. The molecular formula is C21H24N6O. The summed E-state index contributed by atoms with van der Waals surface area (Å²) in [6, 6.07) is 9.99. The first-order valence-electron chi connectivity index (χ1n) is 9.73. The van der Waals surface area contributed by atoms with Gasteiger partial charge in [-0.2, -0.15) is 0 Å². The molecule has 2 aromatic heterocycles. The number of hydrogen-bond acceptors (Lipinski definition) is 5. The number of carbonyl (C=O) groups excluding carboxylic acids is 1. The lowest BCUT2D eigenvalue weighted by molar-refractivity contribution is 0.248. The van der Waals surface area contributed by atoms with Crippen LogP contribution in [-0.4, -0.2) is 33.6 Å². The molecule has 0 atom stereocenters. The van der Waals surface area contributed by atoms with Crippen molar-refractivity contribution >= 4 is 28.6 Å². The van der Waals surface area contributed by atoms with Crippen molar-refractivity contribution in [3.8, 4) is 0 Å². The number of nitrogens with one attached hydrogen (secondary N) is 3. The van der Waals surface area contributed by atoms with E-state index in [9.17, 15) is 4.79 Å². The maximum absolute atomic E-state index is 12.1. The van der Waals surface area contributed by atoms with Crippen LogP contribution in [0, 0.1) is 0 Å². The van der Waals surface area contributed by atoms with Crippen LogP contribution in [-0.2, 0) is 6.42 Å². The van der Waals surface area contributed by atoms with E-state index in [0.29, 0.717) is 5.95 Å². The molecule has 1 aliphatic carbocycles. The number of fused-ring (bicyclic) bond motifs is 1. The van der Waals surface area contributed by atoms with Crippen molar-refractivity contribution in [2.24, 2.45) is 0 Å². The Hall–Kier alpha value is -3.22. The van der Waals surface area contributed by atoms with Crippen molar-refractivity contribution in [1.29, 1.82) is 0 Å². The molecule has 3 N–H and O–H groups in total. The van der Waals surface area contributed by atoms with Crippen LogP contribution in [0.25, 0.3) is 10.9 Å². The fourth-order valence-corrected chi connectivity index (χ4v) is 3.48. The zero-order valence-corrected chi connectivity index (χ0v) is 15.7. The Morgan fingerprint density at radius 2 is 2.04 bits per heavy atom. The Kier molecular flexibility index (Phi) is 5.61. The average molecular weight is 376 g/mol. The van der Waals surface area contributed by atoms with Crippen LogP contribution in [0.3, 0.4) is 0 Å². The van der Waals surface area contributed by atoms with E-state index in [-0.39, 0.29) is 12.1 Å². The first-order valence-corrected chi connectivity index (χ1v) is 9.73. The minimum absolute atomic E-state index is 0.239. The Morgan fingerprint density at radius 3 is 2.86 bits per heavy atom. The molecule has 144 valence electrons. The molecule has 1 saturated carbocycles. The summed E-state index contributed by atoms with van der Waals surface area (Å²) in [5, 5.41) is 10.1. The van der Waals surface area contributed by atoms with E-state index in [1.54, 1.807) is 12.4 Å². The molecule has 2 amide bonds. The monoisotopic (exact) mass is 376 g/mol. The minimum atomic E-state index is -0.239. The maximum atomic E-state index is 12.1. The molecule has 0 bridgehead atoms. The van der Waals surface area contributed by atoms with Gasteiger partial charge < -0.3 is 10.6 Å². The average Bonchev–Trinajstić information content (AvgIpc) is 3.21. The van der Waals surface area contributed by atoms with Crippen LogP contribution >= 0.6 is 0 Å². The zero-order valence-electron chi connectivity index (χ0n) is 15.7. The van der Waals surface area contributed by atoms with Crippen LogP contribution in [0.2, 0.25) is 0 Å². The van der Waals surface area contributed by atoms with Gasteiger partial charge >= 0.3 is 6.03 Å². The molecule has 7 heteroatoms. The van der Waals surface area contributed by atoms with Crippen molar-refractivity contribution in [1.82, 2.24) is 20.3 Å². The van der Waals surface area contributed by atoms with Gasteiger partial charge in [0.2, 0.25) is 5.95 Å². The second-order valence-electron chi connectivity index (χ2n) is 7.09. The first kappa shape index (κ1) is 18.2. The topological polar surface area (TPSA) is 91.8 Å². The zero-order chi connectivity index (χ0) is 19.2. The lowest BCUT2D eigenvalue weighted by Gasteiger charge is -2.12. The summed E-state index contributed by atoms with van der Waals surface area (Å²) in [4.78, 5) is 25.0. The van der Waals surface area contributed by atoms with Gasteiger partial charge in [0.25, 0.3) is 0 Å². The molecule has 1 aliphatic rings. The van der Waals surface area contributed by atoms with Crippen molar-refractivity contribution < 1.29 is 4.79 Å². The van der Waals surface area contributed by atoms with Gasteiger partial charge in [-0.25, -0.2) is 14.8 Å². The Labute approximate surface area is 164 Å². The molecule has 1 fully saturated rings. The molecule has 0 unspecified atom stereocenters. The molecule has 7 nitrogen and oxygen atoms in total. The summed E-state index contributed by atoms with van der Waals surface area (Å²) in [6.07, 6.45) is 10.7. The maximum Gasteiger partial charge on any atom is 0.321 e. The number of pyridine rings is 1. The van der Waals surface area contributed by atoms with Gasteiger partial charge in [-0.3, -0.25) is 10.3 Å². The second-order valence-corrected chi connectivity index (χ2v) is 7.09. The lowest BCUT2D eigenvalue weighted by Crippen LogP contribution is -2.36. The normalized spacial score (nSPS) is 14.1. The van der Waals surface area contributed by atoms with Crippen molar-refractivity contribution in [2.75, 3.05) is 17.2 Å². The quantitative estimate of drug-likeness (QED) is 0.609. The van der Waals surface area contributed by atoms with E-state index < -0.39 is 0 Å². The Balaban J connectivity index is 1.37. The molecule has 4 rings (SSSR count). The predicted molar refractivity (Wildman–Crippen MR) is 110 cm³/mol. The first-order chi connectivity index (χ1) is 13.8. The third-order valence-electron chi connectivity index (χ3n) is 4.96. The molecule has 0 saturated heterocycles. The molecule has 0 radical (unpaired) electrons. The van der Waals surface area contributed by atoms with E-state index in [1.807, 2.05) is 30.5 Å². The highest BCUT2D eigenvalue weighted by molar-refractivity contribution is 5.89. The summed E-state index contributed by atoms with van der Waals surface area (Å²) in [5.74, 6) is 0.315. The van der Waals surface area contributed by atoms with Gasteiger partial charge in [0.05, 0.1) is 5.52 Å². The number of anilines is 2. The molecular weight excluding hydrogens is 352 g/mol. The van der Waals surface area contributed by atoms with Crippen LogP contribution in [0.15, 0.2) is 48.9 Å². The number of rotatable bonds is 6. The van der Waals surface area contributed by atoms with Gasteiger partial charge in [0.1, 0.15) is 0 Å². The van der Waals surface area contributed by atoms with Crippen molar-refractivity contribution in [2.45, 2.75) is 38.1 Å². The largest absolute Gasteiger partial charge is 0.385 e. The molecule has 0 spiro atoms. The predicted octanol–water partition coefficient (Wildman–Crippen LogP) is 3.74. The molecule has 2 heterocycles. The second kappa shape index (κ2) is 8.65. The number of carbonyl (C=O) groups is 1. The van der Waals surface area contributed by atoms with Gasteiger partial charge in [-0.15, -0.1) is 0 Å². The van der Waals surface area contributed by atoms with Crippen LogP contribution in [0.1, 0.15) is 31.2 Å². The number of nitrogens with zero attached hydrogens (tertiary/aromatic N) is 3. The van der Waals surface area contributed by atoms with E-state index in [2.05, 4.69) is 37.0 Å². The summed E-state index contributed by atoms with van der Waals surface area (Å²) in [5.41, 5.74) is 2.96. The van der Waals surface area contributed by atoms with E-state index in [1.165, 1.54) is 18.4 Å². The smallest absolute Gasteiger partial charge is 0.321 e. The highest BCUT2D eigenvalue weighted by Gasteiger charge is 2.17. The highest BCUT2D eigenvalue weighted by Crippen LogP contribution is 2.19. The molecule has 28 heavy (non-hydrogen) atoms. The summed E-state index contributed by atoms with van der Waals surface area (Å²) in [7, 11) is 0. The Bertz CT molecular complexity index is 940. The van der Waals surface area contributed by atoms with Gasteiger partial charge in [-0.05, 0) is 49.1 Å². The molecule has 0 aliphatic heterocycles. The SMILES string of the molecule is O=C(Nc1ncc2ccc(NCCc3cccnc3)cc2n1)NC1CCCC1. The number of hydrogen-bond donors (Lipinski definition) is 3. The molecule has 1 aromatic carbocycles. The van der Waals surface area contributed by atoms with Crippen molar-refractivity contribution in [3.63, 3.8) is 0 Å². The number of urea groups is 1. The van der Waals surface area contributed by atoms with Crippen molar-refractivity contribution in [3.05, 3.63) is 54.5 Å². The number of benzene rings is 1. The van der Waals surface area contributed by atoms with Gasteiger partial charge in [-0.1, -0.05) is 18.9 Å². The van der Waals surface area contributed by atoms with Crippen LogP contribution in [0.4, 0.5) is 16.4 Å². The molecule has 3 aromatic rings. The van der Waals surface area contributed by atoms with E-state index in [4.69, 9.17) is 0 Å². The lowest BCUT2D eigenvalue weighted by atomic mass is 10.2. The minimum Gasteiger partial charge on any atom is -0.385 e. The Morgan fingerprint density at radius 1 is 1.14 bits per heavy atom. The van der Waals surface area contributed by atoms with E-state index in [0.717, 1.165) is 42.4 Å². The number of aromatic nitrogens is 3. The standard InChI is InChI=1S/C21H24N6O/c28-21(25-17-5-1-2-6-17)27-20-24-14-16-7-8-18(12-19(16)26-20)23-11-9-15-4-3-10-22-13-15/h3-4,7-8,10,12-14,17,23H,1-2,5-6,9,11H2,(H2,24,25,26,27,28). The fraction of sp³-hybridized carbons (Fsp3) is 0.333. The van der Waals surface area contributed by atoms with E-state index >= 15 is 0 Å². The van der Waals surface area contributed by atoms with Gasteiger partial charge in [0.15, 0.2) is 0 Å². The third kappa shape index (κ3) is 4.73. The van der Waals surface area contributed by atoms with Gasteiger partial charge in [0, 0.05) is 42.3 Å². The van der Waals surface area contributed by atoms with Crippen LogP contribution in [0.5, 0.6) is 0 Å². The summed E-state index contributed by atoms with van der Waals surface area (Å²) in [6.45, 7) is 0.803. The summed E-state index contributed by atoms with van der Waals surface area (Å²) >= 11 is 0. The highest BCUT2D eigenvalue weighted by atomic mass is 16.2. The fourth-order valence-electron chi connectivity index (χ4n) is 3.48. The van der Waals surface area contributed by atoms with Crippen LogP contribution < -0.4 is 16.0 Å². The number of amides is 2. The third-order valence-corrected chi connectivity index (χ3v) is 4.96.